The molecule has 0 aliphatic heterocycles. The van der Waals surface area contributed by atoms with Gasteiger partial charge in [0.05, 0.1) is 12.8 Å². The van der Waals surface area contributed by atoms with E-state index in [1.54, 1.807) is 13.4 Å². The zero-order valence-electron chi connectivity index (χ0n) is 21.6. The second kappa shape index (κ2) is 12.6. The van der Waals surface area contributed by atoms with E-state index < -0.39 is 5.97 Å². The lowest BCUT2D eigenvalue weighted by molar-refractivity contribution is -0.136. The third-order valence-electron chi connectivity index (χ3n) is 5.93. The van der Waals surface area contributed by atoms with Crippen molar-refractivity contribution in [3.8, 4) is 22.6 Å². The Morgan fingerprint density at radius 2 is 1.76 bits per heavy atom. The van der Waals surface area contributed by atoms with Crippen LogP contribution in [0.3, 0.4) is 0 Å². The van der Waals surface area contributed by atoms with Gasteiger partial charge in [-0.1, -0.05) is 53.7 Å². The summed E-state index contributed by atoms with van der Waals surface area (Å²) in [6.07, 6.45) is 2.04. The first-order valence-electron chi connectivity index (χ1n) is 12.2. The number of carboxylic acids is 1. The molecule has 0 fully saturated rings. The van der Waals surface area contributed by atoms with Gasteiger partial charge < -0.3 is 19.1 Å². The van der Waals surface area contributed by atoms with Crippen molar-refractivity contribution in [2.24, 2.45) is 0 Å². The number of rotatable bonds is 12. The molecule has 0 saturated heterocycles. The summed E-state index contributed by atoms with van der Waals surface area (Å²) < 4.78 is 17.2. The number of aryl methyl sites for hydroxylation is 3. The molecule has 0 amide bonds. The van der Waals surface area contributed by atoms with Gasteiger partial charge in [-0.25, -0.2) is 0 Å². The van der Waals surface area contributed by atoms with Gasteiger partial charge in [0.25, 0.3) is 0 Å². The van der Waals surface area contributed by atoms with E-state index in [-0.39, 0.29) is 6.42 Å². The number of aromatic nitrogens is 1. The van der Waals surface area contributed by atoms with Crippen molar-refractivity contribution in [3.63, 3.8) is 0 Å². The molecule has 3 aromatic carbocycles. The quantitative estimate of drug-likeness (QED) is 0.173. The molecule has 1 heterocycles. The maximum atomic E-state index is 11.1. The predicted molar refractivity (Wildman–Crippen MR) is 143 cm³/mol. The van der Waals surface area contributed by atoms with Gasteiger partial charge >= 0.3 is 5.97 Å². The Kier molecular flexibility index (Phi) is 8.79. The number of ether oxygens (including phenoxy) is 2. The first kappa shape index (κ1) is 26.5. The molecule has 8 heteroatoms. The maximum Gasteiger partial charge on any atom is 0.303 e. The zero-order chi connectivity index (χ0) is 26.9. The van der Waals surface area contributed by atoms with Crippen LogP contribution in [0.2, 0.25) is 0 Å². The molecule has 8 nitrogen and oxygen atoms in total. The number of nitrogens with one attached hydrogen (secondary N) is 1. The minimum atomic E-state index is -0.843. The number of hydrogen-bond donors (Lipinski definition) is 2. The van der Waals surface area contributed by atoms with Crippen molar-refractivity contribution in [1.82, 2.24) is 10.6 Å². The number of benzene rings is 3. The van der Waals surface area contributed by atoms with E-state index in [0.717, 1.165) is 33.5 Å². The van der Waals surface area contributed by atoms with Crippen LogP contribution in [-0.2, 0) is 22.7 Å². The highest BCUT2D eigenvalue weighted by molar-refractivity contribution is 5.74. The fourth-order valence-electron chi connectivity index (χ4n) is 4.04. The van der Waals surface area contributed by atoms with Crippen LogP contribution < -0.4 is 15.0 Å². The molecule has 0 saturated carbocycles. The summed E-state index contributed by atoms with van der Waals surface area (Å²) in [5, 5.41) is 13.2. The molecular weight excluding hydrogens is 484 g/mol. The van der Waals surface area contributed by atoms with Gasteiger partial charge in [-0.2, -0.15) is 0 Å². The lowest BCUT2D eigenvalue weighted by atomic mass is 9.95. The smallest absolute Gasteiger partial charge is 0.303 e. The second-order valence-corrected chi connectivity index (χ2v) is 8.67. The molecule has 0 atom stereocenters. The predicted octanol–water partition coefficient (Wildman–Crippen LogP) is 6.08. The molecule has 1 aromatic heterocycles. The lowest BCUT2D eigenvalue weighted by Crippen LogP contribution is -2.11. The van der Waals surface area contributed by atoms with Crippen LogP contribution in [0.1, 0.15) is 34.6 Å². The normalized spacial score (nSPS) is 11.3. The minimum Gasteiger partial charge on any atom is -0.489 e. The monoisotopic (exact) mass is 514 g/mol. The Labute approximate surface area is 221 Å². The fraction of sp³-hybridized carbons (Fsp3) is 0.200. The van der Waals surface area contributed by atoms with Gasteiger partial charge in [-0.05, 0) is 61.2 Å². The Morgan fingerprint density at radius 1 is 1.03 bits per heavy atom. The van der Waals surface area contributed by atoms with Crippen LogP contribution in [0.4, 0.5) is 0 Å². The average molecular weight is 515 g/mol. The molecule has 196 valence electrons. The molecular formula is C30H30N2O6. The first-order valence-corrected chi connectivity index (χ1v) is 12.2. The number of aliphatic carboxylic acids is 1. The van der Waals surface area contributed by atoms with E-state index in [1.807, 2.05) is 86.6 Å². The molecule has 0 aliphatic rings. The van der Waals surface area contributed by atoms with Crippen molar-refractivity contribution in [2.75, 3.05) is 7.11 Å². The van der Waals surface area contributed by atoms with Crippen molar-refractivity contribution in [2.45, 2.75) is 33.3 Å². The van der Waals surface area contributed by atoms with Crippen molar-refractivity contribution in [3.05, 3.63) is 107 Å². The van der Waals surface area contributed by atoms with Gasteiger partial charge in [0.2, 0.25) is 0 Å². The molecule has 38 heavy (non-hydrogen) atoms. The molecule has 0 unspecified atom stereocenters. The molecule has 2 N–H and O–H groups in total. The highest BCUT2D eigenvalue weighted by atomic mass is 16.6. The van der Waals surface area contributed by atoms with Crippen LogP contribution in [-0.4, -0.2) is 23.3 Å². The number of hydrogen-bond acceptors (Lipinski definition) is 7. The highest BCUT2D eigenvalue weighted by Crippen LogP contribution is 2.34. The SMILES string of the molecule is CONC(=COc1ccc(COc2ccc(CCC(=O)O)c(-c3c(C)noc3C)c2)cc1)c1ccccc1. The first-order chi connectivity index (χ1) is 18.4. The third-order valence-corrected chi connectivity index (χ3v) is 5.93. The van der Waals surface area contributed by atoms with Gasteiger partial charge in [0, 0.05) is 17.5 Å². The topological polar surface area (TPSA) is 103 Å². The van der Waals surface area contributed by atoms with Crippen molar-refractivity contribution in [1.29, 1.82) is 0 Å². The zero-order valence-corrected chi connectivity index (χ0v) is 21.6. The summed E-state index contributed by atoms with van der Waals surface area (Å²) in [6.45, 7) is 4.07. The Morgan fingerprint density at radius 3 is 2.42 bits per heavy atom. The van der Waals surface area contributed by atoms with Crippen molar-refractivity contribution < 1.29 is 28.7 Å². The summed E-state index contributed by atoms with van der Waals surface area (Å²) in [4.78, 5) is 16.2. The average Bonchev–Trinajstić information content (AvgIpc) is 3.27. The largest absolute Gasteiger partial charge is 0.489 e. The van der Waals surface area contributed by atoms with Crippen LogP contribution in [0.5, 0.6) is 11.5 Å². The second-order valence-electron chi connectivity index (χ2n) is 8.67. The molecule has 4 aromatic rings. The van der Waals surface area contributed by atoms with E-state index in [9.17, 15) is 4.79 Å². The Balaban J connectivity index is 1.45. The standard InChI is InChI=1S/C30H30N2O6/c1-20-30(21(2)38-31-20)27-17-26(15-11-23(27)12-16-29(33)34)36-18-22-9-13-25(14-10-22)37-19-28(32-35-3)24-7-5-4-6-8-24/h4-11,13-15,17,19,32H,12,16,18H2,1-3H3,(H,33,34). The van der Waals surface area contributed by atoms with E-state index in [0.29, 0.717) is 36.0 Å². The summed E-state index contributed by atoms with van der Waals surface area (Å²) in [5.41, 5.74) is 8.82. The van der Waals surface area contributed by atoms with E-state index >= 15 is 0 Å². The van der Waals surface area contributed by atoms with Gasteiger partial charge in [0.15, 0.2) is 0 Å². The van der Waals surface area contributed by atoms with E-state index in [4.69, 9.17) is 23.9 Å². The summed E-state index contributed by atoms with van der Waals surface area (Å²) in [6, 6.07) is 23.0. The summed E-state index contributed by atoms with van der Waals surface area (Å²) in [5.74, 6) is 1.17. The summed E-state index contributed by atoms with van der Waals surface area (Å²) in [7, 11) is 1.55. The third kappa shape index (κ3) is 6.80. The number of hydroxylamine groups is 1. The highest BCUT2D eigenvalue weighted by Gasteiger charge is 2.17. The fourth-order valence-corrected chi connectivity index (χ4v) is 4.04. The van der Waals surface area contributed by atoms with Crippen LogP contribution in [0.15, 0.2) is 83.6 Å². The van der Waals surface area contributed by atoms with Crippen LogP contribution in [0, 0.1) is 13.8 Å². The Bertz CT molecular complexity index is 1370. The van der Waals surface area contributed by atoms with Gasteiger partial charge in [-0.3, -0.25) is 15.1 Å². The number of nitrogens with zero attached hydrogens (tertiary/aromatic N) is 1. The minimum absolute atomic E-state index is 0.0363. The van der Waals surface area contributed by atoms with Gasteiger partial charge in [0.1, 0.15) is 35.8 Å². The number of carboxylic acid groups (broad SMARTS) is 1. The van der Waals surface area contributed by atoms with Crippen molar-refractivity contribution >= 4 is 11.7 Å². The lowest BCUT2D eigenvalue weighted by Gasteiger charge is -2.13. The van der Waals surface area contributed by atoms with Gasteiger partial charge in [-0.15, -0.1) is 0 Å². The molecule has 4 rings (SSSR count). The molecule has 0 aliphatic carbocycles. The van der Waals surface area contributed by atoms with Crippen LogP contribution in [0.25, 0.3) is 16.8 Å². The van der Waals surface area contributed by atoms with E-state index in [2.05, 4.69) is 10.6 Å². The molecule has 0 bridgehead atoms. The number of carbonyl (C=O) groups is 1. The van der Waals surface area contributed by atoms with E-state index in [1.165, 1.54) is 0 Å². The maximum absolute atomic E-state index is 11.1. The molecule has 0 spiro atoms. The molecule has 0 radical (unpaired) electrons. The Hall–Kier alpha value is -4.56. The van der Waals surface area contributed by atoms with Crippen LogP contribution >= 0.6 is 0 Å². The summed E-state index contributed by atoms with van der Waals surface area (Å²) >= 11 is 0.